The molecule has 10 heteroatoms. The van der Waals surface area contributed by atoms with Crippen LogP contribution in [0.5, 0.6) is 0 Å². The lowest BCUT2D eigenvalue weighted by Gasteiger charge is -2.29. The van der Waals surface area contributed by atoms with Crippen molar-refractivity contribution < 1.29 is 34.8 Å². The molecule has 1 aromatic carbocycles. The second-order valence-electron chi connectivity index (χ2n) is 6.61. The fraction of sp³-hybridized carbons (Fsp3) is 0.500. The minimum absolute atomic E-state index is 0.0762. The van der Waals surface area contributed by atoms with Crippen LogP contribution in [-0.2, 0) is 22.4 Å². The summed E-state index contributed by atoms with van der Waals surface area (Å²) in [4.78, 5) is -1.01. The molecule has 0 aliphatic heterocycles. The lowest BCUT2D eigenvalue weighted by molar-refractivity contribution is -0.143. The van der Waals surface area contributed by atoms with Gasteiger partial charge in [0.15, 0.2) is 0 Å². The summed E-state index contributed by atoms with van der Waals surface area (Å²) in [6.45, 7) is 0. The molecule has 3 rings (SSSR count). The molecule has 1 saturated carbocycles. The van der Waals surface area contributed by atoms with Crippen molar-refractivity contribution >= 4 is 10.0 Å². The molecule has 2 bridgehead atoms. The van der Waals surface area contributed by atoms with Gasteiger partial charge < -0.3 is 0 Å². The lowest BCUT2D eigenvalue weighted by atomic mass is 10.0. The largest absolute Gasteiger partial charge is 0.416 e. The van der Waals surface area contributed by atoms with E-state index >= 15 is 0 Å². The zero-order valence-electron chi connectivity index (χ0n) is 13.5. The van der Waals surface area contributed by atoms with Gasteiger partial charge in [-0.15, -0.1) is 0 Å². The number of sulfonamides is 1. The molecule has 2 aliphatic rings. The molecule has 0 radical (unpaired) electrons. The van der Waals surface area contributed by atoms with Gasteiger partial charge in [-0.1, -0.05) is 12.2 Å². The van der Waals surface area contributed by atoms with Gasteiger partial charge in [-0.2, -0.15) is 30.6 Å². The van der Waals surface area contributed by atoms with Crippen LogP contribution >= 0.6 is 0 Å². The van der Waals surface area contributed by atoms with Crippen LogP contribution in [0.15, 0.2) is 35.2 Å². The SMILES string of the molecule is CN([C@H]1C[C@H]2C=C[C@H]1C2)S(=O)(=O)c1cc(C(F)(F)F)cc(C(F)(F)F)c1. The van der Waals surface area contributed by atoms with Crippen LogP contribution < -0.4 is 0 Å². The molecule has 1 fully saturated rings. The molecule has 0 saturated heterocycles. The van der Waals surface area contributed by atoms with Gasteiger partial charge in [0.2, 0.25) is 10.0 Å². The van der Waals surface area contributed by atoms with Crippen LogP contribution in [0, 0.1) is 11.8 Å². The minimum Gasteiger partial charge on any atom is -0.207 e. The van der Waals surface area contributed by atoms with E-state index in [-0.39, 0.29) is 30.0 Å². The number of allylic oxidation sites excluding steroid dienone is 1. The Morgan fingerprint density at radius 3 is 1.85 bits per heavy atom. The van der Waals surface area contributed by atoms with E-state index in [1.807, 2.05) is 12.2 Å². The predicted molar refractivity (Wildman–Crippen MR) is 80.5 cm³/mol. The Bertz CT molecular complexity index is 811. The molecule has 0 unspecified atom stereocenters. The van der Waals surface area contributed by atoms with Gasteiger partial charge >= 0.3 is 12.4 Å². The average molecular weight is 399 g/mol. The highest BCUT2D eigenvalue weighted by Crippen LogP contribution is 2.43. The van der Waals surface area contributed by atoms with Crippen molar-refractivity contribution in [1.29, 1.82) is 0 Å². The van der Waals surface area contributed by atoms with E-state index in [1.165, 1.54) is 7.05 Å². The van der Waals surface area contributed by atoms with Crippen LogP contribution in [0.1, 0.15) is 24.0 Å². The minimum atomic E-state index is -5.10. The van der Waals surface area contributed by atoms with Crippen molar-refractivity contribution in [2.75, 3.05) is 7.05 Å². The molecular weight excluding hydrogens is 384 g/mol. The maximum atomic E-state index is 13.0. The summed E-state index contributed by atoms with van der Waals surface area (Å²) in [7, 11) is -3.31. The van der Waals surface area contributed by atoms with Crippen LogP contribution in [0.3, 0.4) is 0 Å². The summed E-state index contributed by atoms with van der Waals surface area (Å²) in [5, 5.41) is 0. The monoisotopic (exact) mass is 399 g/mol. The van der Waals surface area contributed by atoms with Crippen molar-refractivity contribution in [3.05, 3.63) is 41.5 Å². The maximum absolute atomic E-state index is 13.0. The van der Waals surface area contributed by atoms with Crippen LogP contribution in [0.25, 0.3) is 0 Å². The normalized spacial score (nSPS) is 26.1. The number of rotatable bonds is 3. The third-order valence-electron chi connectivity index (χ3n) is 4.95. The third-order valence-corrected chi connectivity index (χ3v) is 6.81. The van der Waals surface area contributed by atoms with Gasteiger partial charge in [-0.3, -0.25) is 0 Å². The smallest absolute Gasteiger partial charge is 0.207 e. The molecule has 0 aromatic heterocycles. The quantitative estimate of drug-likeness (QED) is 0.561. The Morgan fingerprint density at radius 2 is 1.46 bits per heavy atom. The van der Waals surface area contributed by atoms with E-state index < -0.39 is 44.4 Å². The highest BCUT2D eigenvalue weighted by atomic mass is 32.2. The molecule has 0 N–H and O–H groups in total. The molecule has 26 heavy (non-hydrogen) atoms. The Hall–Kier alpha value is -1.55. The molecule has 1 aromatic rings. The Kier molecular flexibility index (Phi) is 4.42. The first kappa shape index (κ1) is 19.2. The van der Waals surface area contributed by atoms with Crippen LogP contribution in [0.2, 0.25) is 0 Å². The van der Waals surface area contributed by atoms with E-state index in [9.17, 15) is 34.8 Å². The molecule has 2 aliphatic carbocycles. The molecule has 0 heterocycles. The summed E-state index contributed by atoms with van der Waals surface area (Å²) < 4.78 is 104. The van der Waals surface area contributed by atoms with Crippen LogP contribution in [0.4, 0.5) is 26.3 Å². The zero-order valence-corrected chi connectivity index (χ0v) is 14.3. The van der Waals surface area contributed by atoms with E-state index in [0.29, 0.717) is 6.42 Å². The van der Waals surface area contributed by atoms with Crippen molar-refractivity contribution in [2.24, 2.45) is 11.8 Å². The molecule has 0 spiro atoms. The predicted octanol–water partition coefficient (Wildman–Crippen LogP) is 4.31. The topological polar surface area (TPSA) is 37.4 Å². The summed E-state index contributed by atoms with van der Waals surface area (Å²) in [6, 6.07) is -0.0491. The van der Waals surface area contributed by atoms with Gasteiger partial charge in [-0.25, -0.2) is 8.42 Å². The fourth-order valence-corrected chi connectivity index (χ4v) is 5.07. The number of halogens is 6. The Balaban J connectivity index is 2.05. The number of nitrogens with zero attached hydrogens (tertiary/aromatic N) is 1. The van der Waals surface area contributed by atoms with Gasteiger partial charge in [0, 0.05) is 13.1 Å². The molecule has 0 amide bonds. The second kappa shape index (κ2) is 5.98. The molecule has 3 atom stereocenters. The number of hydrogen-bond donors (Lipinski definition) is 0. The second-order valence-corrected chi connectivity index (χ2v) is 8.61. The van der Waals surface area contributed by atoms with E-state index in [2.05, 4.69) is 0 Å². The molecular formula is C16H15F6NO2S. The summed E-state index contributed by atoms with van der Waals surface area (Å²) >= 11 is 0. The highest BCUT2D eigenvalue weighted by molar-refractivity contribution is 7.89. The van der Waals surface area contributed by atoms with Gasteiger partial charge in [0.1, 0.15) is 0 Å². The number of benzene rings is 1. The van der Waals surface area contributed by atoms with E-state index in [4.69, 9.17) is 0 Å². The number of fused-ring (bicyclic) bond motifs is 2. The first-order valence-corrected chi connectivity index (χ1v) is 9.20. The van der Waals surface area contributed by atoms with Crippen molar-refractivity contribution in [3.63, 3.8) is 0 Å². The van der Waals surface area contributed by atoms with Crippen molar-refractivity contribution in [1.82, 2.24) is 4.31 Å². The Morgan fingerprint density at radius 1 is 0.923 bits per heavy atom. The first-order chi connectivity index (χ1) is 11.8. The number of hydrogen-bond acceptors (Lipinski definition) is 2. The summed E-state index contributed by atoms with van der Waals surface area (Å²) in [5.41, 5.74) is -3.29. The zero-order chi connectivity index (χ0) is 19.5. The fourth-order valence-electron chi connectivity index (χ4n) is 3.59. The van der Waals surface area contributed by atoms with Crippen LogP contribution in [-0.4, -0.2) is 25.8 Å². The van der Waals surface area contributed by atoms with Gasteiger partial charge in [-0.05, 0) is 42.9 Å². The lowest BCUT2D eigenvalue weighted by Crippen LogP contribution is -2.39. The van der Waals surface area contributed by atoms with Crippen molar-refractivity contribution in [2.45, 2.75) is 36.1 Å². The molecule has 3 nitrogen and oxygen atoms in total. The van der Waals surface area contributed by atoms with Crippen molar-refractivity contribution in [3.8, 4) is 0 Å². The standard InChI is InChI=1S/C16H15F6NO2S/c1-23(14-5-9-2-3-10(14)4-9)26(24,25)13-7-11(15(17,18)19)6-12(8-13)16(20,21)22/h2-3,6-10,14H,4-5H2,1H3/t9-,10-,14-/m0/s1. The third kappa shape index (κ3) is 3.36. The first-order valence-electron chi connectivity index (χ1n) is 7.76. The molecule has 144 valence electrons. The van der Waals surface area contributed by atoms with Gasteiger partial charge in [0.05, 0.1) is 16.0 Å². The highest BCUT2D eigenvalue weighted by Gasteiger charge is 2.43. The summed E-state index contributed by atoms with van der Waals surface area (Å²) in [6.07, 6.45) is -5.16. The van der Waals surface area contributed by atoms with E-state index in [0.717, 1.165) is 10.7 Å². The number of alkyl halides is 6. The maximum Gasteiger partial charge on any atom is 0.416 e. The van der Waals surface area contributed by atoms with Gasteiger partial charge in [0.25, 0.3) is 0 Å². The van der Waals surface area contributed by atoms with E-state index in [1.54, 1.807) is 0 Å². The average Bonchev–Trinajstić information content (AvgIpc) is 3.15. The Labute approximate surface area is 146 Å². The summed E-state index contributed by atoms with van der Waals surface area (Å²) in [5.74, 6) is 0.113.